The number of nitrogens with two attached hydrogens (primary N) is 1. The Bertz CT molecular complexity index is 2880. The molecule has 4 aromatic carbocycles. The lowest BCUT2D eigenvalue weighted by Gasteiger charge is -2.26. The van der Waals surface area contributed by atoms with Gasteiger partial charge in [-0.25, -0.2) is 28.2 Å². The van der Waals surface area contributed by atoms with Crippen LogP contribution in [0.3, 0.4) is 0 Å². The quantitative estimate of drug-likeness (QED) is 0.119. The van der Waals surface area contributed by atoms with E-state index in [1.165, 1.54) is 49.9 Å². The summed E-state index contributed by atoms with van der Waals surface area (Å²) in [5.41, 5.74) is 11.8. The lowest BCUT2D eigenvalue weighted by atomic mass is 10.0. The Kier molecular flexibility index (Phi) is 17.7. The molecule has 0 saturated carbocycles. The standard InChI is InChI=1S/C25H23Cl2FN4OS.C20H12Cl3FN2OS.C5H12N2/c26-18-6-9-22(21(27)13-18)32-24-17(12-16-4-7-19(28)8-5-16)14-34-15-20(24)23(29-32)25(33)30-31-10-2-1-3-11-31;21-13-3-6-17(16(22)8-13)26-19-12(7-11-1-4-14(24)5-2-11)9-28-10-15(19)18(25-26)20(23)27;6-7-4-2-1-3-5-7/h4-9,12-13H,1-3,10-11,14-15H2,(H,30,33);1-8H,9-10H2;1-6H2/b17-12+;12-7+;. The Morgan fingerprint density at radius 1 is 0.594 bits per heavy atom. The molecule has 0 radical (unpaired) electrons. The highest BCUT2D eigenvalue weighted by molar-refractivity contribution is 7.99. The van der Waals surface area contributed by atoms with E-state index in [0.29, 0.717) is 54.4 Å². The highest BCUT2D eigenvalue weighted by atomic mass is 35.5. The Morgan fingerprint density at radius 2 is 1.03 bits per heavy atom. The number of amides is 1. The van der Waals surface area contributed by atoms with Gasteiger partial charge in [0, 0.05) is 70.4 Å². The van der Waals surface area contributed by atoms with E-state index in [2.05, 4.69) is 10.5 Å². The number of carbonyl (C=O) groups is 2. The summed E-state index contributed by atoms with van der Waals surface area (Å²) in [6.45, 7) is 3.87. The highest BCUT2D eigenvalue weighted by Crippen LogP contribution is 2.41. The van der Waals surface area contributed by atoms with Gasteiger partial charge in [0.1, 0.15) is 17.3 Å². The van der Waals surface area contributed by atoms with Crippen molar-refractivity contribution < 1.29 is 18.4 Å². The molecule has 6 heterocycles. The molecule has 0 aliphatic carbocycles. The molecule has 10 nitrogen and oxygen atoms in total. The normalized spacial score (nSPS) is 17.3. The Labute approximate surface area is 433 Å². The fourth-order valence-corrected chi connectivity index (χ4v) is 11.5. The molecule has 2 aromatic heterocycles. The Balaban J connectivity index is 0.000000165. The predicted molar refractivity (Wildman–Crippen MR) is 281 cm³/mol. The average molecular weight is 1070 g/mol. The molecule has 19 heteroatoms. The molecule has 2 saturated heterocycles. The van der Waals surface area contributed by atoms with Gasteiger partial charge < -0.3 is 0 Å². The van der Waals surface area contributed by atoms with Crippen LogP contribution in [0.15, 0.2) is 84.9 Å². The molecule has 0 spiro atoms. The molecule has 0 unspecified atom stereocenters. The number of halogens is 7. The monoisotopic (exact) mass is 1070 g/mol. The Morgan fingerprint density at radius 3 is 1.45 bits per heavy atom. The molecule has 6 aromatic rings. The number of nitrogens with zero attached hydrogens (tertiary/aromatic N) is 6. The number of carbonyl (C=O) groups excluding carboxylic acids is 2. The number of rotatable bonds is 7. The predicted octanol–water partition coefficient (Wildman–Crippen LogP) is 13.1. The maximum absolute atomic E-state index is 13.4. The van der Waals surface area contributed by atoms with Crippen molar-refractivity contribution >= 4 is 116 Å². The summed E-state index contributed by atoms with van der Waals surface area (Å²) in [5, 5.41) is 14.3. The van der Waals surface area contributed by atoms with Crippen molar-refractivity contribution in [2.45, 2.75) is 50.0 Å². The first-order valence-electron chi connectivity index (χ1n) is 22.3. The van der Waals surface area contributed by atoms with Crippen molar-refractivity contribution in [2.75, 3.05) is 37.7 Å². The van der Waals surface area contributed by atoms with Gasteiger partial charge in [0.05, 0.1) is 32.8 Å². The number of thioether (sulfide) groups is 2. The summed E-state index contributed by atoms with van der Waals surface area (Å²) in [6.07, 6.45) is 11.2. The first-order valence-corrected chi connectivity index (χ1v) is 26.5. The number of piperidine rings is 2. The van der Waals surface area contributed by atoms with E-state index in [9.17, 15) is 18.4 Å². The van der Waals surface area contributed by atoms with Crippen molar-refractivity contribution in [3.05, 3.63) is 162 Å². The van der Waals surface area contributed by atoms with Gasteiger partial charge in [-0.2, -0.15) is 33.7 Å². The largest absolute Gasteiger partial charge is 0.286 e. The van der Waals surface area contributed by atoms with Crippen molar-refractivity contribution in [1.82, 2.24) is 35.0 Å². The van der Waals surface area contributed by atoms with E-state index in [-0.39, 0.29) is 23.2 Å². The summed E-state index contributed by atoms with van der Waals surface area (Å²) in [4.78, 5) is 25.3. The average Bonchev–Trinajstić information content (AvgIpc) is 3.93. The van der Waals surface area contributed by atoms with Crippen LogP contribution < -0.4 is 11.3 Å². The first-order chi connectivity index (χ1) is 33.3. The molecular weight excluding hydrogens is 1020 g/mol. The topological polar surface area (TPSA) is 114 Å². The molecule has 4 aliphatic heterocycles. The summed E-state index contributed by atoms with van der Waals surface area (Å²) < 4.78 is 30.1. The number of hydrogen-bond donors (Lipinski definition) is 2. The fraction of sp³-hybridized carbons (Fsp3) is 0.280. The zero-order valence-electron chi connectivity index (χ0n) is 37.2. The van der Waals surface area contributed by atoms with Gasteiger partial charge in [0.15, 0.2) is 5.69 Å². The van der Waals surface area contributed by atoms with Crippen LogP contribution >= 0.6 is 81.5 Å². The first kappa shape index (κ1) is 51.2. The third-order valence-electron chi connectivity index (χ3n) is 11.7. The number of nitrogens with one attached hydrogen (secondary N) is 1. The van der Waals surface area contributed by atoms with Crippen molar-refractivity contribution in [3.63, 3.8) is 0 Å². The number of benzene rings is 4. The SMILES string of the molecule is NN1CCCCC1.O=C(Cl)c1nn(-c2ccc(Cl)cc2Cl)c2c1CSC/C2=C\c1ccc(F)cc1.O=C(NN1CCCCC1)c1nn(-c2ccc(Cl)cc2Cl)c2c1CSC/C2=C\c1ccc(F)cc1. The van der Waals surface area contributed by atoms with Crippen LogP contribution in [0.1, 0.15) is 93.1 Å². The Hall–Kier alpha value is -4.19. The zero-order chi connectivity index (χ0) is 48.6. The lowest BCUT2D eigenvalue weighted by Crippen LogP contribution is -2.45. The minimum absolute atomic E-state index is 0.208. The van der Waals surface area contributed by atoms with Crippen molar-refractivity contribution in [1.29, 1.82) is 0 Å². The molecule has 0 atom stereocenters. The van der Waals surface area contributed by atoms with E-state index in [4.69, 9.17) is 68.9 Å². The van der Waals surface area contributed by atoms with E-state index in [0.717, 1.165) is 89.6 Å². The fourth-order valence-electron chi connectivity index (χ4n) is 8.35. The zero-order valence-corrected chi connectivity index (χ0v) is 42.6. The summed E-state index contributed by atoms with van der Waals surface area (Å²) >= 11 is 34.3. The second kappa shape index (κ2) is 23.8. The van der Waals surface area contributed by atoms with Crippen LogP contribution in [0.2, 0.25) is 20.1 Å². The molecular formula is C50H47Cl5F2N8O2S2. The van der Waals surface area contributed by atoms with Gasteiger partial charge >= 0.3 is 0 Å². The molecule has 10 rings (SSSR count). The van der Waals surface area contributed by atoms with Crippen LogP contribution in [0.5, 0.6) is 0 Å². The summed E-state index contributed by atoms with van der Waals surface area (Å²) in [5.74, 6) is 7.37. The van der Waals surface area contributed by atoms with Gasteiger partial charge in [-0.15, -0.1) is 0 Å². The molecule has 360 valence electrons. The van der Waals surface area contributed by atoms with Gasteiger partial charge in [0.2, 0.25) is 0 Å². The van der Waals surface area contributed by atoms with Crippen molar-refractivity contribution in [3.8, 4) is 11.4 Å². The van der Waals surface area contributed by atoms with Gasteiger partial charge in [-0.05, 0) is 132 Å². The van der Waals surface area contributed by atoms with Crippen molar-refractivity contribution in [2.24, 2.45) is 5.84 Å². The van der Waals surface area contributed by atoms with Gasteiger partial charge in [0.25, 0.3) is 11.1 Å². The van der Waals surface area contributed by atoms with E-state index >= 15 is 0 Å². The van der Waals surface area contributed by atoms with Crippen LogP contribution in [-0.2, 0) is 11.5 Å². The lowest BCUT2D eigenvalue weighted by molar-refractivity contribution is 0.0743. The second-order valence-electron chi connectivity index (χ2n) is 16.7. The molecule has 3 N–H and O–H groups in total. The molecule has 2 fully saturated rings. The van der Waals surface area contributed by atoms with E-state index < -0.39 is 5.24 Å². The van der Waals surface area contributed by atoms with Crippen LogP contribution in [-0.4, -0.2) is 78.4 Å². The van der Waals surface area contributed by atoms with E-state index in [1.807, 2.05) is 28.2 Å². The molecule has 0 bridgehead atoms. The second-order valence-corrected chi connectivity index (χ2v) is 20.7. The van der Waals surface area contributed by atoms with Gasteiger partial charge in [-0.3, -0.25) is 20.9 Å². The maximum Gasteiger partial charge on any atom is 0.286 e. The highest BCUT2D eigenvalue weighted by Gasteiger charge is 2.31. The third kappa shape index (κ3) is 12.8. The third-order valence-corrected chi connectivity index (χ3v) is 15.0. The molecule has 4 aliphatic rings. The van der Waals surface area contributed by atoms with E-state index in [1.54, 1.807) is 87.5 Å². The number of aromatic nitrogens is 4. The summed E-state index contributed by atoms with van der Waals surface area (Å²) in [7, 11) is 0. The molecule has 1 amide bonds. The smallest absolute Gasteiger partial charge is 0.283 e. The van der Waals surface area contributed by atoms with Crippen LogP contribution in [0.4, 0.5) is 8.78 Å². The van der Waals surface area contributed by atoms with Crippen LogP contribution in [0, 0.1) is 11.6 Å². The number of fused-ring (bicyclic) bond motifs is 2. The maximum atomic E-state index is 13.4. The summed E-state index contributed by atoms with van der Waals surface area (Å²) in [6, 6.07) is 22.9. The number of hydrogen-bond acceptors (Lipinski definition) is 9. The number of hydrazine groups is 2. The van der Waals surface area contributed by atoms with Crippen LogP contribution in [0.25, 0.3) is 34.7 Å². The minimum Gasteiger partial charge on any atom is -0.283 e. The molecule has 69 heavy (non-hydrogen) atoms. The van der Waals surface area contributed by atoms with Gasteiger partial charge in [-0.1, -0.05) is 83.5 Å². The minimum atomic E-state index is -0.622.